The third-order valence-corrected chi connectivity index (χ3v) is 11.3. The van der Waals surface area contributed by atoms with Crippen molar-refractivity contribution >= 4 is 11.9 Å². The number of aromatic carboxylic acids is 2. The monoisotopic (exact) mass is 528 g/mol. The normalized spacial score (nSPS) is 39.6. The van der Waals surface area contributed by atoms with Crippen LogP contribution in [-0.2, 0) is 0 Å². The Hall–Kier alpha value is -1.92. The number of rotatable bonds is 8. The van der Waals surface area contributed by atoms with E-state index < -0.39 is 11.9 Å². The van der Waals surface area contributed by atoms with Crippen LogP contribution in [0, 0.1) is 11.8 Å². The highest BCUT2D eigenvalue weighted by atomic mass is 16.4. The number of piperidine rings is 2. The van der Waals surface area contributed by atoms with Gasteiger partial charge in [0.2, 0.25) is 0 Å². The maximum absolute atomic E-state index is 13.2. The Morgan fingerprint density at radius 3 is 1.61 bits per heavy atom. The highest BCUT2D eigenvalue weighted by Crippen LogP contribution is 2.51. The summed E-state index contributed by atoms with van der Waals surface area (Å²) in [6.45, 7) is 21.9. The van der Waals surface area contributed by atoms with Gasteiger partial charge >= 0.3 is 11.9 Å². The molecule has 6 heteroatoms. The van der Waals surface area contributed by atoms with Crippen molar-refractivity contribution < 1.29 is 19.8 Å². The molecule has 38 heavy (non-hydrogen) atoms. The van der Waals surface area contributed by atoms with Crippen molar-refractivity contribution in [1.82, 2.24) is 10.6 Å². The molecule has 0 aliphatic carbocycles. The van der Waals surface area contributed by atoms with Crippen LogP contribution in [0.3, 0.4) is 0 Å². The zero-order chi connectivity index (χ0) is 28.8. The number of hydrogen-bond acceptors (Lipinski definition) is 4. The minimum absolute atomic E-state index is 0.00554. The van der Waals surface area contributed by atoms with E-state index in [2.05, 4.69) is 79.9 Å². The molecule has 6 nitrogen and oxygen atoms in total. The Morgan fingerprint density at radius 1 is 0.763 bits per heavy atom. The summed E-state index contributed by atoms with van der Waals surface area (Å²) in [5.41, 5.74) is 0.958. The summed E-state index contributed by atoms with van der Waals surface area (Å²) in [6, 6.07) is 3.51. The number of hydrogen-bond donors (Lipinski definition) is 4. The van der Waals surface area contributed by atoms with E-state index in [9.17, 15) is 19.8 Å². The van der Waals surface area contributed by atoms with Gasteiger partial charge in [-0.1, -0.05) is 47.6 Å². The van der Waals surface area contributed by atoms with Gasteiger partial charge in [-0.2, -0.15) is 0 Å². The third kappa shape index (κ3) is 5.15. The highest BCUT2D eigenvalue weighted by molar-refractivity contribution is 5.98. The van der Waals surface area contributed by atoms with Crippen molar-refractivity contribution in [1.29, 1.82) is 0 Å². The Labute approximate surface area is 230 Å². The first-order chi connectivity index (χ1) is 17.5. The van der Waals surface area contributed by atoms with Gasteiger partial charge in [-0.25, -0.2) is 9.59 Å². The second-order valence-corrected chi connectivity index (χ2v) is 13.4. The van der Waals surface area contributed by atoms with Gasteiger partial charge in [-0.05, 0) is 107 Å². The highest BCUT2D eigenvalue weighted by Gasteiger charge is 2.51. The standard InChI is InChI=1S/C32H52N2O4/c1-11-29(7)17-23(19(5)31(9,13-3)33-29)21-15-16-22(27(35)36)25(26(21)28(37)38)24-18-30(8,12-2)34-32(10,14-4)20(24)6/h15-16,19-20,23-24,33-34H,11-14,17-18H2,1-10H3,(H,35,36)(H,37,38). The van der Waals surface area contributed by atoms with E-state index in [-0.39, 0.29) is 57.0 Å². The molecule has 0 spiro atoms. The summed E-state index contributed by atoms with van der Waals surface area (Å²) >= 11 is 0. The van der Waals surface area contributed by atoms with Crippen LogP contribution in [0.5, 0.6) is 0 Å². The first-order valence-corrected chi connectivity index (χ1v) is 14.8. The van der Waals surface area contributed by atoms with Crippen LogP contribution in [0.4, 0.5) is 0 Å². The number of carboxylic acids is 2. The lowest BCUT2D eigenvalue weighted by atomic mass is 9.60. The van der Waals surface area contributed by atoms with Gasteiger partial charge in [0.1, 0.15) is 0 Å². The molecular formula is C32H52N2O4. The van der Waals surface area contributed by atoms with E-state index >= 15 is 0 Å². The van der Waals surface area contributed by atoms with Gasteiger partial charge in [0.15, 0.2) is 0 Å². The van der Waals surface area contributed by atoms with Crippen molar-refractivity contribution in [2.24, 2.45) is 11.8 Å². The molecule has 2 fully saturated rings. The van der Waals surface area contributed by atoms with Crippen molar-refractivity contribution in [2.45, 2.75) is 142 Å². The maximum atomic E-state index is 13.2. The maximum Gasteiger partial charge on any atom is 0.336 e. The van der Waals surface area contributed by atoms with Gasteiger partial charge in [0.05, 0.1) is 11.1 Å². The summed E-state index contributed by atoms with van der Waals surface area (Å²) in [5.74, 6) is -2.00. The zero-order valence-electron chi connectivity index (χ0n) is 25.4. The lowest BCUT2D eigenvalue weighted by Gasteiger charge is -2.55. The molecule has 2 aliphatic rings. The number of carbonyl (C=O) groups is 2. The molecule has 2 saturated heterocycles. The van der Waals surface area contributed by atoms with E-state index in [0.29, 0.717) is 12.0 Å². The average Bonchev–Trinajstić information content (AvgIpc) is 2.87. The van der Waals surface area contributed by atoms with Crippen LogP contribution < -0.4 is 10.6 Å². The summed E-state index contributed by atoms with van der Waals surface area (Å²) < 4.78 is 0. The van der Waals surface area contributed by atoms with Gasteiger partial charge in [-0.15, -0.1) is 0 Å². The van der Waals surface area contributed by atoms with E-state index in [1.54, 1.807) is 6.07 Å². The van der Waals surface area contributed by atoms with Crippen molar-refractivity contribution in [3.8, 4) is 0 Å². The molecule has 8 unspecified atom stereocenters. The van der Waals surface area contributed by atoms with Crippen molar-refractivity contribution in [3.63, 3.8) is 0 Å². The molecule has 0 radical (unpaired) electrons. The van der Waals surface area contributed by atoms with Gasteiger partial charge in [0, 0.05) is 22.2 Å². The Morgan fingerprint density at radius 2 is 1.21 bits per heavy atom. The quantitative estimate of drug-likeness (QED) is 0.285. The molecule has 1 aromatic carbocycles. The fourth-order valence-corrected chi connectivity index (χ4v) is 7.69. The van der Waals surface area contributed by atoms with Crippen LogP contribution >= 0.6 is 0 Å². The Kier molecular flexibility index (Phi) is 8.52. The molecule has 214 valence electrons. The topological polar surface area (TPSA) is 98.7 Å². The molecule has 0 saturated carbocycles. The molecule has 4 N–H and O–H groups in total. The minimum atomic E-state index is -1.05. The molecule has 2 aliphatic heterocycles. The molecular weight excluding hydrogens is 476 g/mol. The third-order valence-electron chi connectivity index (χ3n) is 11.3. The summed E-state index contributed by atoms with van der Waals surface area (Å²) in [4.78, 5) is 25.9. The molecule has 0 amide bonds. The summed E-state index contributed by atoms with van der Waals surface area (Å²) in [6.07, 6.45) is 5.13. The largest absolute Gasteiger partial charge is 0.478 e. The molecule has 0 bridgehead atoms. The number of nitrogens with one attached hydrogen (secondary N) is 2. The summed E-state index contributed by atoms with van der Waals surface area (Å²) in [7, 11) is 0. The smallest absolute Gasteiger partial charge is 0.336 e. The lowest BCUT2D eigenvalue weighted by molar-refractivity contribution is 0.0596. The lowest BCUT2D eigenvalue weighted by Crippen LogP contribution is -2.64. The fraction of sp³-hybridized carbons (Fsp3) is 0.750. The first-order valence-electron chi connectivity index (χ1n) is 14.8. The molecule has 8 atom stereocenters. The van der Waals surface area contributed by atoms with Crippen LogP contribution in [-0.4, -0.2) is 44.3 Å². The van der Waals surface area contributed by atoms with Crippen molar-refractivity contribution in [3.05, 3.63) is 34.4 Å². The van der Waals surface area contributed by atoms with E-state index in [1.165, 1.54) is 0 Å². The van der Waals surface area contributed by atoms with Crippen LogP contribution in [0.1, 0.15) is 151 Å². The predicted molar refractivity (Wildman–Crippen MR) is 154 cm³/mol. The molecule has 2 heterocycles. The Bertz CT molecular complexity index is 1070. The average molecular weight is 529 g/mol. The molecule has 3 rings (SSSR count). The molecule has 1 aromatic rings. The summed E-state index contributed by atoms with van der Waals surface area (Å²) in [5, 5.41) is 28.9. The van der Waals surface area contributed by atoms with Crippen LogP contribution in [0.25, 0.3) is 0 Å². The van der Waals surface area contributed by atoms with Crippen LogP contribution in [0.2, 0.25) is 0 Å². The van der Waals surface area contributed by atoms with E-state index in [4.69, 9.17) is 0 Å². The number of carboxylic acid groups (broad SMARTS) is 2. The zero-order valence-corrected chi connectivity index (χ0v) is 25.4. The van der Waals surface area contributed by atoms with Gasteiger partial charge in [-0.3, -0.25) is 0 Å². The van der Waals surface area contributed by atoms with Crippen molar-refractivity contribution in [2.75, 3.05) is 0 Å². The second kappa shape index (κ2) is 10.6. The van der Waals surface area contributed by atoms with Crippen LogP contribution in [0.15, 0.2) is 12.1 Å². The predicted octanol–water partition coefficient (Wildman–Crippen LogP) is 7.18. The second-order valence-electron chi connectivity index (χ2n) is 13.4. The van der Waals surface area contributed by atoms with E-state index in [1.807, 2.05) is 6.07 Å². The molecule has 0 aromatic heterocycles. The van der Waals surface area contributed by atoms with Gasteiger partial charge in [0.25, 0.3) is 0 Å². The minimum Gasteiger partial charge on any atom is -0.478 e. The van der Waals surface area contributed by atoms with E-state index in [0.717, 1.165) is 37.7 Å². The Balaban J connectivity index is 2.34. The first kappa shape index (κ1) is 30.6. The number of benzene rings is 1. The SMILES string of the molecule is CCC1(C)CC(c2ccc(C(=O)O)c(C3CC(C)(CC)NC(C)(CC)C3C)c2C(=O)O)C(C)C(C)(CC)N1. The van der Waals surface area contributed by atoms with Gasteiger partial charge < -0.3 is 20.8 Å². The fourth-order valence-electron chi connectivity index (χ4n) is 7.69.